The summed E-state index contributed by atoms with van der Waals surface area (Å²) >= 11 is 0. The van der Waals surface area contributed by atoms with E-state index in [2.05, 4.69) is 10.3 Å². The van der Waals surface area contributed by atoms with E-state index in [0.717, 1.165) is 38.0 Å². The molecule has 1 fully saturated rings. The van der Waals surface area contributed by atoms with Crippen LogP contribution < -0.4 is 5.32 Å². The quantitative estimate of drug-likeness (QED) is 0.612. The second kappa shape index (κ2) is 10.7. The number of hydrogen-bond donors (Lipinski definition) is 1. The topological polar surface area (TPSA) is 45.2 Å². The molecular formula is C23H26Cl2FN3O. The molecule has 1 N–H and O–H groups in total. The minimum absolute atomic E-state index is 0. The number of rotatable bonds is 4. The fraction of sp³-hybridized carbons (Fsp3) is 0.304. The number of amides is 1. The first-order valence-corrected chi connectivity index (χ1v) is 9.75. The molecule has 160 valence electrons. The lowest BCUT2D eigenvalue weighted by molar-refractivity contribution is 0.0676. The summed E-state index contributed by atoms with van der Waals surface area (Å²) in [7, 11) is 1.94. The molecule has 1 unspecified atom stereocenters. The molecule has 3 aromatic rings. The first kappa shape index (κ1) is 24.1. The number of halogens is 3. The molecule has 30 heavy (non-hydrogen) atoms. The Bertz CT molecular complexity index is 998. The van der Waals surface area contributed by atoms with Crippen molar-refractivity contribution in [1.82, 2.24) is 15.2 Å². The Morgan fingerprint density at radius 3 is 2.67 bits per heavy atom. The Labute approximate surface area is 188 Å². The van der Waals surface area contributed by atoms with E-state index in [4.69, 9.17) is 0 Å². The van der Waals surface area contributed by atoms with Crippen LogP contribution in [-0.2, 0) is 0 Å². The highest BCUT2D eigenvalue weighted by atomic mass is 35.5. The van der Waals surface area contributed by atoms with Crippen molar-refractivity contribution >= 4 is 41.6 Å². The normalized spacial score (nSPS) is 15.9. The van der Waals surface area contributed by atoms with Crippen molar-refractivity contribution in [1.29, 1.82) is 0 Å². The number of piperidine rings is 1. The van der Waals surface area contributed by atoms with Gasteiger partial charge in [-0.1, -0.05) is 30.3 Å². The molecule has 0 aliphatic carbocycles. The third-order valence-electron chi connectivity index (χ3n) is 5.37. The highest BCUT2D eigenvalue weighted by molar-refractivity contribution is 6.07. The highest BCUT2D eigenvalue weighted by Crippen LogP contribution is 2.28. The first-order chi connectivity index (χ1) is 13.7. The van der Waals surface area contributed by atoms with Crippen molar-refractivity contribution in [2.75, 3.05) is 26.7 Å². The smallest absolute Gasteiger partial charge is 0.254 e. The number of carbonyl (C=O) groups excluding carboxylic acids is 1. The van der Waals surface area contributed by atoms with Gasteiger partial charge in [0.15, 0.2) is 0 Å². The minimum atomic E-state index is -0.351. The Balaban J connectivity index is 0.00000160. The maximum atomic E-state index is 13.9. The highest BCUT2D eigenvalue weighted by Gasteiger charge is 2.26. The van der Waals surface area contributed by atoms with Crippen LogP contribution in [0.3, 0.4) is 0 Å². The summed E-state index contributed by atoms with van der Waals surface area (Å²) in [6, 6.07) is 16.0. The fourth-order valence-electron chi connectivity index (χ4n) is 4.01. The van der Waals surface area contributed by atoms with Crippen LogP contribution in [0.15, 0.2) is 54.6 Å². The van der Waals surface area contributed by atoms with Crippen molar-refractivity contribution in [3.05, 3.63) is 66.0 Å². The largest absolute Gasteiger partial charge is 0.338 e. The summed E-state index contributed by atoms with van der Waals surface area (Å²) in [5.74, 6) is 0.106. The number of benzene rings is 2. The van der Waals surface area contributed by atoms with E-state index in [1.165, 1.54) is 12.1 Å². The van der Waals surface area contributed by atoms with Crippen molar-refractivity contribution in [2.24, 2.45) is 5.92 Å². The number of hydrogen-bond acceptors (Lipinski definition) is 3. The molecule has 1 amide bonds. The average molecular weight is 450 g/mol. The molecule has 0 saturated carbocycles. The zero-order chi connectivity index (χ0) is 19.5. The summed E-state index contributed by atoms with van der Waals surface area (Å²) in [5, 5.41) is 3.91. The first-order valence-electron chi connectivity index (χ1n) is 9.75. The van der Waals surface area contributed by atoms with Gasteiger partial charge in [0, 0.05) is 30.1 Å². The molecule has 4 rings (SSSR count). The van der Waals surface area contributed by atoms with Crippen molar-refractivity contribution in [2.45, 2.75) is 12.8 Å². The predicted molar refractivity (Wildman–Crippen MR) is 124 cm³/mol. The maximum absolute atomic E-state index is 13.9. The standard InChI is InChI=1S/C23H24FN3O.2ClH/c1-25-14-16-6-5-11-27(15-16)23(28)20-13-21(17-7-3-2-4-8-17)26-22-12-18(24)9-10-19(20)22;;/h2-4,7-10,12-13,16,25H,5-6,11,14-15H2,1H3;2*1H. The molecule has 0 spiro atoms. The molecule has 2 aromatic carbocycles. The zero-order valence-electron chi connectivity index (χ0n) is 16.8. The molecule has 1 aromatic heterocycles. The van der Waals surface area contributed by atoms with Crippen molar-refractivity contribution in [3.63, 3.8) is 0 Å². The van der Waals surface area contributed by atoms with E-state index in [1.807, 2.05) is 48.3 Å². The lowest BCUT2D eigenvalue weighted by Crippen LogP contribution is -2.42. The van der Waals surface area contributed by atoms with Crippen LogP contribution >= 0.6 is 24.8 Å². The summed E-state index contributed by atoms with van der Waals surface area (Å²) in [6.07, 6.45) is 2.13. The SMILES string of the molecule is CNCC1CCCN(C(=O)c2cc(-c3ccccc3)nc3cc(F)ccc23)C1.Cl.Cl. The van der Waals surface area contributed by atoms with Crippen LogP contribution in [0, 0.1) is 11.7 Å². The number of carbonyl (C=O) groups is 1. The van der Waals surface area contributed by atoms with Crippen LogP contribution in [0.2, 0.25) is 0 Å². The van der Waals surface area contributed by atoms with Gasteiger partial charge in [-0.15, -0.1) is 24.8 Å². The van der Waals surface area contributed by atoms with Gasteiger partial charge in [-0.05, 0) is 50.6 Å². The van der Waals surface area contributed by atoms with Gasteiger partial charge in [0.1, 0.15) is 5.82 Å². The van der Waals surface area contributed by atoms with E-state index >= 15 is 0 Å². The Morgan fingerprint density at radius 1 is 1.17 bits per heavy atom. The monoisotopic (exact) mass is 449 g/mol. The van der Waals surface area contributed by atoms with Crippen molar-refractivity contribution in [3.8, 4) is 11.3 Å². The van der Waals surface area contributed by atoms with Crippen molar-refractivity contribution < 1.29 is 9.18 Å². The summed E-state index contributed by atoms with van der Waals surface area (Å²) in [6.45, 7) is 2.40. The summed E-state index contributed by atoms with van der Waals surface area (Å²) in [4.78, 5) is 20.0. The number of likely N-dealkylation sites (tertiary alicyclic amines) is 1. The second-order valence-electron chi connectivity index (χ2n) is 7.40. The van der Waals surface area contributed by atoms with E-state index in [0.29, 0.717) is 28.1 Å². The van der Waals surface area contributed by atoms with Gasteiger partial charge in [0.05, 0.1) is 16.8 Å². The van der Waals surface area contributed by atoms with Crippen LogP contribution in [-0.4, -0.2) is 42.5 Å². The number of pyridine rings is 1. The summed E-state index contributed by atoms with van der Waals surface area (Å²) in [5.41, 5.74) is 2.70. The van der Waals surface area contributed by atoms with Gasteiger partial charge < -0.3 is 10.2 Å². The maximum Gasteiger partial charge on any atom is 0.254 e. The van der Waals surface area contributed by atoms with Gasteiger partial charge in [0.25, 0.3) is 5.91 Å². The predicted octanol–water partition coefficient (Wildman–Crippen LogP) is 4.96. The number of aromatic nitrogens is 1. The van der Waals surface area contributed by atoms with Crippen LogP contribution in [0.1, 0.15) is 23.2 Å². The van der Waals surface area contributed by atoms with Gasteiger partial charge in [0.2, 0.25) is 0 Å². The Kier molecular flexibility index (Phi) is 8.59. The third-order valence-corrected chi connectivity index (χ3v) is 5.37. The van der Waals surface area contributed by atoms with E-state index in [9.17, 15) is 9.18 Å². The van der Waals surface area contributed by atoms with E-state index in [1.54, 1.807) is 6.07 Å². The number of nitrogens with one attached hydrogen (secondary N) is 1. The van der Waals surface area contributed by atoms with Crippen LogP contribution in [0.5, 0.6) is 0 Å². The molecule has 1 saturated heterocycles. The van der Waals surface area contributed by atoms with Crippen LogP contribution in [0.25, 0.3) is 22.2 Å². The zero-order valence-corrected chi connectivity index (χ0v) is 18.4. The molecule has 1 aliphatic rings. The number of fused-ring (bicyclic) bond motifs is 1. The lowest BCUT2D eigenvalue weighted by Gasteiger charge is -2.33. The minimum Gasteiger partial charge on any atom is -0.338 e. The second-order valence-corrected chi connectivity index (χ2v) is 7.40. The van der Waals surface area contributed by atoms with Crippen LogP contribution in [0.4, 0.5) is 4.39 Å². The Morgan fingerprint density at radius 2 is 1.93 bits per heavy atom. The van der Waals surface area contributed by atoms with E-state index in [-0.39, 0.29) is 36.5 Å². The third kappa shape index (κ3) is 5.09. The molecular weight excluding hydrogens is 424 g/mol. The molecule has 0 bridgehead atoms. The fourth-order valence-corrected chi connectivity index (χ4v) is 4.01. The van der Waals surface area contributed by atoms with Gasteiger partial charge in [-0.3, -0.25) is 4.79 Å². The van der Waals surface area contributed by atoms with Gasteiger partial charge in [-0.2, -0.15) is 0 Å². The summed E-state index contributed by atoms with van der Waals surface area (Å²) < 4.78 is 13.9. The Hall–Kier alpha value is -2.21. The molecule has 7 heteroatoms. The molecule has 1 aliphatic heterocycles. The molecule has 4 nitrogen and oxygen atoms in total. The van der Waals surface area contributed by atoms with Gasteiger partial charge >= 0.3 is 0 Å². The average Bonchev–Trinajstić information content (AvgIpc) is 2.73. The lowest BCUT2D eigenvalue weighted by atomic mass is 9.96. The molecule has 2 heterocycles. The van der Waals surface area contributed by atoms with Gasteiger partial charge in [-0.25, -0.2) is 9.37 Å². The van der Waals surface area contributed by atoms with E-state index < -0.39 is 0 Å². The number of nitrogens with zero attached hydrogens (tertiary/aromatic N) is 2. The molecule has 0 radical (unpaired) electrons. The molecule has 1 atom stereocenters.